The highest BCUT2D eigenvalue weighted by molar-refractivity contribution is 7.99. The first-order valence-electron chi connectivity index (χ1n) is 11.8. The molecule has 0 bridgehead atoms. The predicted molar refractivity (Wildman–Crippen MR) is 149 cm³/mol. The minimum atomic E-state index is -0.153. The van der Waals surface area contributed by atoms with Crippen LogP contribution in [0.4, 0.5) is 0 Å². The molecule has 0 aliphatic carbocycles. The van der Waals surface area contributed by atoms with Crippen molar-refractivity contribution >= 4 is 46.7 Å². The van der Waals surface area contributed by atoms with Crippen LogP contribution < -0.4 is 0 Å². The molecule has 0 N–H and O–H groups in total. The summed E-state index contributed by atoms with van der Waals surface area (Å²) in [5.41, 5.74) is 1.12. The summed E-state index contributed by atoms with van der Waals surface area (Å²) in [7, 11) is 0. The zero-order valence-electron chi connectivity index (χ0n) is 21.3. The number of amides is 1. The molecule has 0 radical (unpaired) electrons. The van der Waals surface area contributed by atoms with Crippen LogP contribution in [0.25, 0.3) is 0 Å². The number of piperidine rings is 1. The Morgan fingerprint density at radius 2 is 1.50 bits per heavy atom. The number of nitrogens with zero attached hydrogens (tertiary/aromatic N) is 1. The quantitative estimate of drug-likeness (QED) is 0.381. The zero-order valence-corrected chi connectivity index (χ0v) is 23.6. The number of carbonyl (C=O) groups is 2. The molecular weight excluding hydrogens is 485 g/mol. The number of likely N-dealkylation sites (tertiary alicyclic amines) is 1. The molecule has 0 saturated carbocycles. The summed E-state index contributed by atoms with van der Waals surface area (Å²) >= 11 is 13.4. The van der Waals surface area contributed by atoms with Crippen LogP contribution in [0.2, 0.25) is 10.0 Å². The van der Waals surface area contributed by atoms with Gasteiger partial charge < -0.3 is 9.69 Å². The Labute approximate surface area is 220 Å². The highest BCUT2D eigenvalue weighted by Crippen LogP contribution is 2.36. The largest absolute Gasteiger partial charge is 0.335 e. The molecule has 2 aromatic carbocycles. The lowest BCUT2D eigenvalue weighted by Gasteiger charge is -2.40. The number of hydrogen-bond donors (Lipinski definition) is 0. The molecule has 1 fully saturated rings. The van der Waals surface area contributed by atoms with Crippen LogP contribution in [0.1, 0.15) is 65.5 Å². The van der Waals surface area contributed by atoms with Gasteiger partial charge in [0.05, 0.1) is 6.04 Å². The lowest BCUT2D eigenvalue weighted by Crippen LogP contribution is -2.45. The molecule has 2 atom stereocenters. The average Bonchev–Trinajstić information content (AvgIpc) is 2.78. The van der Waals surface area contributed by atoms with Crippen molar-refractivity contribution in [2.24, 2.45) is 11.8 Å². The molecule has 1 saturated heterocycles. The second kappa shape index (κ2) is 16.2. The predicted octanol–water partition coefficient (Wildman–Crippen LogP) is 8.35. The Kier molecular flexibility index (Phi) is 14.6. The lowest BCUT2D eigenvalue weighted by atomic mass is 9.85. The summed E-state index contributed by atoms with van der Waals surface area (Å²) in [5.74, 6) is 0.456. The van der Waals surface area contributed by atoms with Crippen molar-refractivity contribution in [2.75, 3.05) is 12.8 Å². The fourth-order valence-corrected chi connectivity index (χ4v) is 3.89. The van der Waals surface area contributed by atoms with Gasteiger partial charge in [-0.05, 0) is 67.0 Å². The zero-order chi connectivity index (χ0) is 25.7. The van der Waals surface area contributed by atoms with Crippen molar-refractivity contribution in [3.63, 3.8) is 0 Å². The van der Waals surface area contributed by atoms with Gasteiger partial charge in [0.25, 0.3) is 0 Å². The Bertz CT molecular complexity index is 856. The number of Topliss-reactive ketones (excluding diaryl/α,β-unsaturated/α-hetero) is 1. The van der Waals surface area contributed by atoms with E-state index in [-0.39, 0.29) is 23.7 Å². The molecule has 1 heterocycles. The van der Waals surface area contributed by atoms with Crippen LogP contribution in [-0.4, -0.2) is 34.6 Å². The topological polar surface area (TPSA) is 37.4 Å². The van der Waals surface area contributed by atoms with Gasteiger partial charge in [0.15, 0.2) is 0 Å². The molecule has 3 nitrogen and oxygen atoms in total. The maximum Gasteiger partial charge on any atom is 0.226 e. The number of thioether (sulfide) groups is 1. The van der Waals surface area contributed by atoms with E-state index in [4.69, 9.17) is 23.2 Å². The smallest absolute Gasteiger partial charge is 0.226 e. The van der Waals surface area contributed by atoms with Crippen molar-refractivity contribution in [1.29, 1.82) is 0 Å². The van der Waals surface area contributed by atoms with Gasteiger partial charge in [-0.25, -0.2) is 0 Å². The molecule has 188 valence electrons. The van der Waals surface area contributed by atoms with Crippen LogP contribution in [0.3, 0.4) is 0 Å². The molecule has 34 heavy (non-hydrogen) atoms. The molecule has 0 spiro atoms. The maximum absolute atomic E-state index is 12.8. The first-order chi connectivity index (χ1) is 16.0. The van der Waals surface area contributed by atoms with E-state index in [0.717, 1.165) is 35.2 Å². The third-order valence-corrected chi connectivity index (χ3v) is 6.80. The number of hydrogen-bond acceptors (Lipinski definition) is 3. The molecule has 2 aromatic rings. The van der Waals surface area contributed by atoms with E-state index < -0.39 is 0 Å². The number of carbonyl (C=O) groups excluding carboxylic acids is 2. The summed E-state index contributed by atoms with van der Waals surface area (Å²) in [6.45, 7) is 10.9. The van der Waals surface area contributed by atoms with Crippen LogP contribution in [0.15, 0.2) is 54.6 Å². The van der Waals surface area contributed by atoms with Crippen molar-refractivity contribution in [2.45, 2.75) is 65.2 Å². The van der Waals surface area contributed by atoms with Gasteiger partial charge in [-0.15, -0.1) is 0 Å². The molecule has 1 amide bonds. The fraction of sp³-hybridized carbons (Fsp3) is 0.500. The van der Waals surface area contributed by atoms with E-state index >= 15 is 0 Å². The van der Waals surface area contributed by atoms with E-state index in [1.165, 1.54) is 0 Å². The summed E-state index contributed by atoms with van der Waals surface area (Å²) in [6.07, 6.45) is 4.16. The highest BCUT2D eigenvalue weighted by Gasteiger charge is 2.36. The van der Waals surface area contributed by atoms with E-state index in [9.17, 15) is 9.59 Å². The van der Waals surface area contributed by atoms with Gasteiger partial charge in [0, 0.05) is 28.9 Å². The summed E-state index contributed by atoms with van der Waals surface area (Å²) in [5, 5.41) is 2.30. The first-order valence-corrected chi connectivity index (χ1v) is 13.9. The molecule has 3 rings (SSSR count). The number of rotatable bonds is 6. The Balaban J connectivity index is 0.000000393. The van der Waals surface area contributed by atoms with Gasteiger partial charge in [0.1, 0.15) is 5.78 Å². The van der Waals surface area contributed by atoms with E-state index in [1.54, 1.807) is 6.92 Å². The van der Waals surface area contributed by atoms with E-state index in [0.29, 0.717) is 17.4 Å². The standard InChI is InChI=1S/C18H24ClNO2.C6H5Cl.C4H10S/c1-12(2)11-20-17(14-4-7-16(19)8-5-14)9-6-15(18(20)22)10-13(3)21;7-6-4-2-1-3-5-6;1-4(2)5-3/h4-5,7-8,12,15,17H,6,9-11H2,1-3H3;1-5H;4H,1-3H3. The SMILES string of the molecule is CC(=O)CC1CCC(c2ccc(Cl)cc2)N(CC(C)C)C1=O.CSC(C)C.Clc1ccccc1. The Hall–Kier alpha value is -1.49. The molecular formula is C28H39Cl2NO2S. The maximum atomic E-state index is 12.8. The van der Waals surface area contributed by atoms with Crippen molar-refractivity contribution in [3.8, 4) is 0 Å². The van der Waals surface area contributed by atoms with Gasteiger partial charge in [0.2, 0.25) is 5.91 Å². The van der Waals surface area contributed by atoms with Crippen LogP contribution in [0, 0.1) is 11.8 Å². The number of halogens is 2. The summed E-state index contributed by atoms with van der Waals surface area (Å²) in [6, 6.07) is 17.3. The van der Waals surface area contributed by atoms with Crippen LogP contribution in [-0.2, 0) is 9.59 Å². The van der Waals surface area contributed by atoms with Gasteiger partial charge in [-0.3, -0.25) is 4.79 Å². The monoisotopic (exact) mass is 523 g/mol. The minimum absolute atomic E-state index is 0.0905. The van der Waals surface area contributed by atoms with Gasteiger partial charge >= 0.3 is 0 Å². The van der Waals surface area contributed by atoms with Crippen molar-refractivity contribution < 1.29 is 9.59 Å². The number of ketones is 1. The first kappa shape index (κ1) is 30.5. The molecule has 0 aromatic heterocycles. The Morgan fingerprint density at radius 1 is 0.971 bits per heavy atom. The summed E-state index contributed by atoms with van der Waals surface area (Å²) in [4.78, 5) is 26.1. The molecule has 1 aliphatic rings. The summed E-state index contributed by atoms with van der Waals surface area (Å²) < 4.78 is 0. The molecule has 6 heteroatoms. The molecule has 1 aliphatic heterocycles. The van der Waals surface area contributed by atoms with Gasteiger partial charge in [-0.2, -0.15) is 11.8 Å². The Morgan fingerprint density at radius 3 is 1.91 bits per heavy atom. The minimum Gasteiger partial charge on any atom is -0.335 e. The van der Waals surface area contributed by atoms with Crippen molar-refractivity contribution in [3.05, 3.63) is 70.2 Å². The van der Waals surface area contributed by atoms with E-state index in [2.05, 4.69) is 34.0 Å². The van der Waals surface area contributed by atoms with Crippen LogP contribution >= 0.6 is 35.0 Å². The second-order valence-electron chi connectivity index (χ2n) is 9.21. The third-order valence-electron chi connectivity index (χ3n) is 5.35. The average molecular weight is 525 g/mol. The fourth-order valence-electron chi connectivity index (χ4n) is 3.62. The van der Waals surface area contributed by atoms with E-state index in [1.807, 2.05) is 71.3 Å². The van der Waals surface area contributed by atoms with Crippen LogP contribution in [0.5, 0.6) is 0 Å². The third kappa shape index (κ3) is 11.8. The highest BCUT2D eigenvalue weighted by atomic mass is 35.5. The van der Waals surface area contributed by atoms with Crippen molar-refractivity contribution in [1.82, 2.24) is 4.90 Å². The number of benzene rings is 2. The lowest BCUT2D eigenvalue weighted by molar-refractivity contribution is -0.144. The molecule has 2 unspecified atom stereocenters. The second-order valence-corrected chi connectivity index (χ2v) is 11.5. The van der Waals surface area contributed by atoms with Gasteiger partial charge in [-0.1, -0.05) is 81.2 Å². The normalized spacial score (nSPS) is 17.6.